The van der Waals surface area contributed by atoms with Gasteiger partial charge in [-0.3, -0.25) is 14.4 Å². The van der Waals surface area contributed by atoms with Gasteiger partial charge in [-0.05, 0) is 77.0 Å². The van der Waals surface area contributed by atoms with Crippen molar-refractivity contribution >= 4 is 17.9 Å². The largest absolute Gasteiger partial charge is 0.462 e. The molecule has 0 aromatic rings. The maximum atomic E-state index is 12.8. The molecule has 0 aliphatic heterocycles. The van der Waals surface area contributed by atoms with Crippen LogP contribution < -0.4 is 0 Å². The molecule has 0 rings (SSSR count). The summed E-state index contributed by atoms with van der Waals surface area (Å²) >= 11 is 0. The standard InChI is InChI=1S/C63H114O6/c1-4-7-10-13-16-19-22-25-27-28-29-30-31-32-33-34-35-36-39-41-44-47-50-53-56-62(65)68-59-60(58-67-61(64)55-52-49-46-43-40-37-24-21-18-15-12-9-6-3)69-63(66)57-54-51-48-45-42-38-26-23-20-17-14-11-8-5-2/h9,12,18,21,23,26,37,40,60H,4-8,10-11,13-17,19-20,22,24-25,27-36,38-39,41-59H2,1-3H3/b12-9-,21-18-,26-23-,40-37-. The summed E-state index contributed by atoms with van der Waals surface area (Å²) < 4.78 is 16.8. The lowest BCUT2D eigenvalue weighted by Gasteiger charge is -2.18. The molecule has 0 N–H and O–H groups in total. The molecule has 0 heterocycles. The lowest BCUT2D eigenvalue weighted by Crippen LogP contribution is -2.30. The minimum absolute atomic E-state index is 0.0829. The van der Waals surface area contributed by atoms with E-state index in [1.54, 1.807) is 0 Å². The molecule has 402 valence electrons. The Morgan fingerprint density at radius 1 is 0.304 bits per heavy atom. The quantitative estimate of drug-likeness (QED) is 0.0262. The average Bonchev–Trinajstić information content (AvgIpc) is 3.35. The first-order valence-electron chi connectivity index (χ1n) is 30.1. The van der Waals surface area contributed by atoms with Gasteiger partial charge < -0.3 is 14.2 Å². The number of ether oxygens (including phenoxy) is 3. The van der Waals surface area contributed by atoms with Crippen molar-refractivity contribution < 1.29 is 28.6 Å². The first-order chi connectivity index (χ1) is 34.0. The van der Waals surface area contributed by atoms with Crippen LogP contribution in [0.3, 0.4) is 0 Å². The number of rotatable bonds is 55. The maximum Gasteiger partial charge on any atom is 0.306 e. The summed E-state index contributed by atoms with van der Waals surface area (Å²) in [4.78, 5) is 38.1. The zero-order valence-corrected chi connectivity index (χ0v) is 46.1. The molecule has 0 spiro atoms. The summed E-state index contributed by atoms with van der Waals surface area (Å²) in [7, 11) is 0. The van der Waals surface area contributed by atoms with Gasteiger partial charge in [0.15, 0.2) is 6.10 Å². The van der Waals surface area contributed by atoms with Gasteiger partial charge in [0, 0.05) is 19.3 Å². The molecule has 0 fully saturated rings. The summed E-state index contributed by atoms with van der Waals surface area (Å²) in [5.41, 5.74) is 0. The summed E-state index contributed by atoms with van der Waals surface area (Å²) in [6.07, 6.45) is 71.2. The molecular weight excluding hydrogens is 853 g/mol. The summed E-state index contributed by atoms with van der Waals surface area (Å²) in [6, 6.07) is 0. The summed E-state index contributed by atoms with van der Waals surface area (Å²) in [6.45, 7) is 6.52. The minimum Gasteiger partial charge on any atom is -0.462 e. The maximum absolute atomic E-state index is 12.8. The molecule has 1 unspecified atom stereocenters. The van der Waals surface area contributed by atoms with E-state index in [2.05, 4.69) is 69.4 Å². The topological polar surface area (TPSA) is 78.9 Å². The molecule has 6 heteroatoms. The van der Waals surface area contributed by atoms with Crippen LogP contribution in [-0.2, 0) is 28.6 Å². The molecule has 0 aromatic carbocycles. The second-order valence-corrected chi connectivity index (χ2v) is 20.2. The van der Waals surface area contributed by atoms with E-state index in [4.69, 9.17) is 14.2 Å². The Balaban J connectivity index is 4.25. The van der Waals surface area contributed by atoms with Gasteiger partial charge in [0.05, 0.1) is 0 Å². The predicted molar refractivity (Wildman–Crippen MR) is 298 cm³/mol. The van der Waals surface area contributed by atoms with Gasteiger partial charge in [-0.1, -0.05) is 268 Å². The number of unbranched alkanes of at least 4 members (excludes halogenated alkanes) is 36. The third-order valence-electron chi connectivity index (χ3n) is 13.3. The SMILES string of the molecule is CC/C=C\C/C=C\C/C=C\CCCCCC(=O)OCC(COC(=O)CCCCCCCCCCCCCCCCCCCCCCCCCC)OC(=O)CCCCCCC/C=C\CCCCCCC. The normalized spacial score (nSPS) is 12.3. The van der Waals surface area contributed by atoms with E-state index in [0.29, 0.717) is 19.3 Å². The highest BCUT2D eigenvalue weighted by Gasteiger charge is 2.19. The molecule has 0 aliphatic rings. The van der Waals surface area contributed by atoms with E-state index in [-0.39, 0.29) is 31.1 Å². The van der Waals surface area contributed by atoms with Gasteiger partial charge in [0.1, 0.15) is 13.2 Å². The number of allylic oxidation sites excluding steroid dienone is 8. The molecular formula is C63H114O6. The van der Waals surface area contributed by atoms with Crippen molar-refractivity contribution in [1.82, 2.24) is 0 Å². The van der Waals surface area contributed by atoms with Crippen molar-refractivity contribution in [3.63, 3.8) is 0 Å². The molecule has 69 heavy (non-hydrogen) atoms. The number of hydrogen-bond acceptors (Lipinski definition) is 6. The van der Waals surface area contributed by atoms with Crippen LogP contribution in [0.4, 0.5) is 0 Å². The van der Waals surface area contributed by atoms with Crippen molar-refractivity contribution in [2.45, 2.75) is 322 Å². The van der Waals surface area contributed by atoms with Gasteiger partial charge >= 0.3 is 17.9 Å². The molecule has 0 saturated heterocycles. The van der Waals surface area contributed by atoms with E-state index in [0.717, 1.165) is 96.3 Å². The molecule has 0 aromatic heterocycles. The Hall–Kier alpha value is -2.63. The van der Waals surface area contributed by atoms with E-state index in [9.17, 15) is 14.4 Å². The number of carbonyl (C=O) groups is 3. The Morgan fingerprint density at radius 3 is 0.913 bits per heavy atom. The summed E-state index contributed by atoms with van der Waals surface area (Å²) in [5, 5.41) is 0. The number of hydrogen-bond donors (Lipinski definition) is 0. The fraction of sp³-hybridized carbons (Fsp3) is 0.825. The van der Waals surface area contributed by atoms with Crippen LogP contribution in [0.15, 0.2) is 48.6 Å². The zero-order valence-electron chi connectivity index (χ0n) is 46.1. The Labute approximate surface area is 428 Å². The highest BCUT2D eigenvalue weighted by atomic mass is 16.6. The van der Waals surface area contributed by atoms with Crippen LogP contribution in [0.25, 0.3) is 0 Å². The number of esters is 3. The molecule has 0 saturated carbocycles. The van der Waals surface area contributed by atoms with Gasteiger partial charge in [-0.15, -0.1) is 0 Å². The average molecular weight is 968 g/mol. The van der Waals surface area contributed by atoms with E-state index >= 15 is 0 Å². The van der Waals surface area contributed by atoms with Crippen LogP contribution in [0.5, 0.6) is 0 Å². The van der Waals surface area contributed by atoms with Crippen LogP contribution in [-0.4, -0.2) is 37.2 Å². The molecule has 1 atom stereocenters. The highest BCUT2D eigenvalue weighted by Crippen LogP contribution is 2.17. The lowest BCUT2D eigenvalue weighted by atomic mass is 10.0. The lowest BCUT2D eigenvalue weighted by molar-refractivity contribution is -0.167. The van der Waals surface area contributed by atoms with Crippen molar-refractivity contribution in [3.05, 3.63) is 48.6 Å². The molecule has 0 bridgehead atoms. The van der Waals surface area contributed by atoms with Crippen LogP contribution in [0.1, 0.15) is 316 Å². The van der Waals surface area contributed by atoms with E-state index in [1.165, 1.54) is 180 Å². The Morgan fingerprint density at radius 2 is 0.565 bits per heavy atom. The van der Waals surface area contributed by atoms with Gasteiger partial charge in [-0.2, -0.15) is 0 Å². The summed E-state index contributed by atoms with van der Waals surface area (Å²) in [5.74, 6) is -0.907. The van der Waals surface area contributed by atoms with Gasteiger partial charge in [-0.25, -0.2) is 0 Å². The minimum atomic E-state index is -0.787. The van der Waals surface area contributed by atoms with Crippen molar-refractivity contribution in [3.8, 4) is 0 Å². The van der Waals surface area contributed by atoms with Crippen molar-refractivity contribution in [2.24, 2.45) is 0 Å². The predicted octanol–water partition coefficient (Wildman–Crippen LogP) is 20.2. The van der Waals surface area contributed by atoms with Gasteiger partial charge in [0.25, 0.3) is 0 Å². The third-order valence-corrected chi connectivity index (χ3v) is 13.3. The fourth-order valence-corrected chi connectivity index (χ4v) is 8.81. The van der Waals surface area contributed by atoms with Crippen LogP contribution in [0.2, 0.25) is 0 Å². The Kier molecular flexibility index (Phi) is 55.7. The fourth-order valence-electron chi connectivity index (χ4n) is 8.81. The van der Waals surface area contributed by atoms with Crippen LogP contribution >= 0.6 is 0 Å². The highest BCUT2D eigenvalue weighted by molar-refractivity contribution is 5.71. The second-order valence-electron chi connectivity index (χ2n) is 20.2. The monoisotopic (exact) mass is 967 g/mol. The van der Waals surface area contributed by atoms with E-state index in [1.807, 2.05) is 0 Å². The van der Waals surface area contributed by atoms with E-state index < -0.39 is 6.10 Å². The first kappa shape index (κ1) is 66.4. The first-order valence-corrected chi connectivity index (χ1v) is 30.1. The Bertz CT molecular complexity index is 1200. The molecule has 0 radical (unpaired) electrons. The van der Waals surface area contributed by atoms with Crippen molar-refractivity contribution in [2.75, 3.05) is 13.2 Å². The van der Waals surface area contributed by atoms with Crippen LogP contribution in [0, 0.1) is 0 Å². The molecule has 6 nitrogen and oxygen atoms in total. The van der Waals surface area contributed by atoms with Crippen molar-refractivity contribution in [1.29, 1.82) is 0 Å². The second kappa shape index (κ2) is 57.9. The smallest absolute Gasteiger partial charge is 0.306 e. The third kappa shape index (κ3) is 56.2. The molecule has 0 amide bonds. The number of carbonyl (C=O) groups excluding carboxylic acids is 3. The molecule has 0 aliphatic carbocycles. The zero-order chi connectivity index (χ0) is 50.0. The van der Waals surface area contributed by atoms with Gasteiger partial charge in [0.2, 0.25) is 0 Å².